The van der Waals surface area contributed by atoms with E-state index in [0.29, 0.717) is 6.04 Å². The van der Waals surface area contributed by atoms with Gasteiger partial charge in [-0.3, -0.25) is 0 Å². The Labute approximate surface area is 96.1 Å². The Morgan fingerprint density at radius 2 is 1.81 bits per heavy atom. The van der Waals surface area contributed by atoms with E-state index in [1.165, 1.54) is 5.56 Å². The quantitative estimate of drug-likeness (QED) is 0.716. The number of benzene rings is 1. The van der Waals surface area contributed by atoms with Crippen molar-refractivity contribution in [2.45, 2.75) is 24.9 Å². The average Bonchev–Trinajstić information content (AvgIpc) is 2.39. The minimum Gasteiger partial charge on any atom is -0.396 e. The summed E-state index contributed by atoms with van der Waals surface area (Å²) in [6.45, 7) is 0.244. The van der Waals surface area contributed by atoms with Gasteiger partial charge in [-0.05, 0) is 24.3 Å². The van der Waals surface area contributed by atoms with Crippen molar-refractivity contribution in [3.05, 3.63) is 35.9 Å². The molecule has 2 rings (SSSR count). The average molecular weight is 221 g/mol. The molecule has 0 spiro atoms. The van der Waals surface area contributed by atoms with Crippen LogP contribution in [-0.4, -0.2) is 29.5 Å². The maximum Gasteiger partial charge on any atom is 0.0588 e. The lowest BCUT2D eigenvalue weighted by Gasteiger charge is -2.36. The summed E-state index contributed by atoms with van der Waals surface area (Å²) >= 11 is 0. The summed E-state index contributed by atoms with van der Waals surface area (Å²) in [7, 11) is 0. The van der Waals surface area contributed by atoms with Crippen LogP contribution < -0.4 is 5.32 Å². The molecule has 1 aromatic rings. The minimum absolute atomic E-state index is 0.0176. The predicted octanol–water partition coefficient (Wildman–Crippen LogP) is 1.08. The summed E-state index contributed by atoms with van der Waals surface area (Å²) in [4.78, 5) is 0. The number of aliphatic hydroxyl groups excluding tert-OH is 2. The molecule has 0 amide bonds. The van der Waals surface area contributed by atoms with Crippen molar-refractivity contribution in [3.8, 4) is 0 Å². The highest BCUT2D eigenvalue weighted by Gasteiger charge is 2.29. The molecule has 1 aliphatic rings. The van der Waals surface area contributed by atoms with Crippen molar-refractivity contribution < 1.29 is 10.2 Å². The van der Waals surface area contributed by atoms with Gasteiger partial charge in [0.05, 0.1) is 6.61 Å². The number of rotatable bonds is 3. The molecule has 3 heteroatoms. The maximum absolute atomic E-state index is 9.28. The van der Waals surface area contributed by atoms with Crippen molar-refractivity contribution in [2.24, 2.45) is 5.92 Å². The molecular formula is C13H19NO2. The van der Waals surface area contributed by atoms with Crippen LogP contribution >= 0.6 is 0 Å². The molecule has 1 fully saturated rings. The lowest BCUT2D eigenvalue weighted by molar-refractivity contribution is 0.0991. The Kier molecular flexibility index (Phi) is 3.93. The Balaban J connectivity index is 2.05. The fourth-order valence-electron chi connectivity index (χ4n) is 2.43. The van der Waals surface area contributed by atoms with Crippen molar-refractivity contribution in [3.63, 3.8) is 0 Å². The molecule has 16 heavy (non-hydrogen) atoms. The molecule has 0 saturated carbocycles. The van der Waals surface area contributed by atoms with Gasteiger partial charge in [-0.25, -0.2) is 0 Å². The van der Waals surface area contributed by atoms with Gasteiger partial charge >= 0.3 is 0 Å². The highest BCUT2D eigenvalue weighted by Crippen LogP contribution is 2.28. The Hall–Kier alpha value is -0.900. The fraction of sp³-hybridized carbons (Fsp3) is 0.538. The van der Waals surface area contributed by atoms with Crippen LogP contribution in [0.4, 0.5) is 0 Å². The first-order valence-electron chi connectivity index (χ1n) is 5.88. The molecule has 1 aliphatic heterocycles. The van der Waals surface area contributed by atoms with E-state index in [2.05, 4.69) is 17.4 Å². The molecule has 3 nitrogen and oxygen atoms in total. The van der Waals surface area contributed by atoms with Gasteiger partial charge in [0.25, 0.3) is 0 Å². The van der Waals surface area contributed by atoms with Crippen molar-refractivity contribution >= 4 is 0 Å². The third kappa shape index (κ3) is 2.43. The standard InChI is InChI=1S/C13H19NO2/c15-8-11-6-7-12(14-13(11)9-16)10-4-2-1-3-5-10/h1-5,11-16H,6-9H2/t11-,12-,13-/m1/s1. The van der Waals surface area contributed by atoms with E-state index < -0.39 is 0 Å². The fourth-order valence-corrected chi connectivity index (χ4v) is 2.43. The summed E-state index contributed by atoms with van der Waals surface area (Å²) in [6, 6.07) is 10.6. The van der Waals surface area contributed by atoms with Gasteiger partial charge in [0.15, 0.2) is 0 Å². The first kappa shape index (κ1) is 11.6. The maximum atomic E-state index is 9.28. The third-order valence-corrected chi connectivity index (χ3v) is 3.44. The van der Waals surface area contributed by atoms with Gasteiger partial charge in [0.1, 0.15) is 0 Å². The van der Waals surface area contributed by atoms with Gasteiger partial charge in [0, 0.05) is 18.7 Å². The zero-order chi connectivity index (χ0) is 11.4. The Morgan fingerprint density at radius 1 is 1.06 bits per heavy atom. The van der Waals surface area contributed by atoms with E-state index in [-0.39, 0.29) is 25.2 Å². The molecule has 1 saturated heterocycles. The van der Waals surface area contributed by atoms with Gasteiger partial charge in [-0.2, -0.15) is 0 Å². The van der Waals surface area contributed by atoms with Crippen LogP contribution in [-0.2, 0) is 0 Å². The topological polar surface area (TPSA) is 52.5 Å². The lowest BCUT2D eigenvalue weighted by Crippen LogP contribution is -2.46. The highest BCUT2D eigenvalue weighted by molar-refractivity contribution is 5.19. The van der Waals surface area contributed by atoms with E-state index >= 15 is 0 Å². The monoisotopic (exact) mass is 221 g/mol. The molecule has 88 valence electrons. The van der Waals surface area contributed by atoms with Crippen LogP contribution in [0, 0.1) is 5.92 Å². The van der Waals surface area contributed by atoms with Crippen LogP contribution in [0.25, 0.3) is 0 Å². The van der Waals surface area contributed by atoms with E-state index in [9.17, 15) is 10.2 Å². The summed E-state index contributed by atoms with van der Waals surface area (Å²) in [6.07, 6.45) is 1.99. The molecule has 0 bridgehead atoms. The SMILES string of the molecule is OC[C@H]1CC[C@H](c2ccccc2)N[C@@H]1CO. The zero-order valence-electron chi connectivity index (χ0n) is 9.34. The van der Waals surface area contributed by atoms with Crippen LogP contribution in [0.15, 0.2) is 30.3 Å². The van der Waals surface area contributed by atoms with Crippen LogP contribution in [0.3, 0.4) is 0 Å². The zero-order valence-corrected chi connectivity index (χ0v) is 9.34. The number of hydrogen-bond donors (Lipinski definition) is 3. The Bertz CT molecular complexity index is 315. The Morgan fingerprint density at radius 3 is 2.44 bits per heavy atom. The van der Waals surface area contributed by atoms with E-state index in [0.717, 1.165) is 12.8 Å². The van der Waals surface area contributed by atoms with Crippen molar-refractivity contribution in [1.82, 2.24) is 5.32 Å². The van der Waals surface area contributed by atoms with Crippen molar-refractivity contribution in [1.29, 1.82) is 0 Å². The van der Waals surface area contributed by atoms with Gasteiger partial charge < -0.3 is 15.5 Å². The molecule has 0 aromatic heterocycles. The predicted molar refractivity (Wildman–Crippen MR) is 63.0 cm³/mol. The van der Waals surface area contributed by atoms with Crippen molar-refractivity contribution in [2.75, 3.05) is 13.2 Å². The minimum atomic E-state index is 0.0176. The smallest absolute Gasteiger partial charge is 0.0588 e. The first-order chi connectivity index (χ1) is 7.85. The highest BCUT2D eigenvalue weighted by atomic mass is 16.3. The number of nitrogens with one attached hydrogen (secondary N) is 1. The number of aliphatic hydroxyl groups is 2. The molecule has 3 N–H and O–H groups in total. The summed E-state index contributed by atoms with van der Waals surface area (Å²) in [5.74, 6) is 0.185. The van der Waals surface area contributed by atoms with E-state index in [4.69, 9.17) is 0 Å². The van der Waals surface area contributed by atoms with Gasteiger partial charge in [0.2, 0.25) is 0 Å². The van der Waals surface area contributed by atoms with Crippen LogP contribution in [0.2, 0.25) is 0 Å². The van der Waals surface area contributed by atoms with Gasteiger partial charge in [-0.1, -0.05) is 30.3 Å². The lowest BCUT2D eigenvalue weighted by atomic mass is 9.86. The molecule has 1 aromatic carbocycles. The van der Waals surface area contributed by atoms with Gasteiger partial charge in [-0.15, -0.1) is 0 Å². The largest absolute Gasteiger partial charge is 0.396 e. The number of piperidine rings is 1. The molecule has 0 radical (unpaired) electrons. The second kappa shape index (κ2) is 5.43. The summed E-state index contributed by atoms with van der Waals surface area (Å²) in [5, 5.41) is 21.9. The molecular weight excluding hydrogens is 202 g/mol. The third-order valence-electron chi connectivity index (χ3n) is 3.44. The number of hydrogen-bond acceptors (Lipinski definition) is 3. The first-order valence-corrected chi connectivity index (χ1v) is 5.88. The van der Waals surface area contributed by atoms with E-state index in [1.54, 1.807) is 0 Å². The molecule has 0 aliphatic carbocycles. The van der Waals surface area contributed by atoms with Crippen LogP contribution in [0.5, 0.6) is 0 Å². The normalized spacial score (nSPS) is 30.2. The molecule has 0 unspecified atom stereocenters. The second-order valence-corrected chi connectivity index (χ2v) is 4.44. The molecule has 3 atom stereocenters. The summed E-state index contributed by atoms with van der Waals surface area (Å²) in [5.41, 5.74) is 1.26. The van der Waals surface area contributed by atoms with Crippen LogP contribution in [0.1, 0.15) is 24.4 Å². The molecule has 1 heterocycles. The second-order valence-electron chi connectivity index (χ2n) is 4.44. The summed E-state index contributed by atoms with van der Waals surface area (Å²) < 4.78 is 0. The van der Waals surface area contributed by atoms with E-state index in [1.807, 2.05) is 18.2 Å².